The van der Waals surface area contributed by atoms with E-state index < -0.39 is 0 Å². The van der Waals surface area contributed by atoms with Crippen LogP contribution in [0.15, 0.2) is 36.8 Å². The number of hydrogen-bond acceptors (Lipinski definition) is 5. The first kappa shape index (κ1) is 21.7. The Hall–Kier alpha value is -2.96. The molecule has 2 amide bonds. The largest absolute Gasteiger partial charge is 0.497 e. The predicted octanol–water partition coefficient (Wildman–Crippen LogP) is 3.38. The summed E-state index contributed by atoms with van der Waals surface area (Å²) >= 11 is 0. The summed E-state index contributed by atoms with van der Waals surface area (Å²) in [6, 6.07) is 5.61. The highest BCUT2D eigenvalue weighted by Crippen LogP contribution is 2.24. The number of likely N-dealkylation sites (tertiary alicyclic amines) is 1. The van der Waals surface area contributed by atoms with Gasteiger partial charge in [0.2, 0.25) is 11.8 Å². The Kier molecular flexibility index (Phi) is 7.76. The Morgan fingerprint density at radius 2 is 2.13 bits per heavy atom. The molecule has 0 spiro atoms. The highest BCUT2D eigenvalue weighted by Gasteiger charge is 2.24. The summed E-state index contributed by atoms with van der Waals surface area (Å²) in [5.41, 5.74) is 2.62. The molecule has 0 saturated carbocycles. The second-order valence-electron chi connectivity index (χ2n) is 7.81. The molecule has 1 aliphatic rings. The van der Waals surface area contributed by atoms with Crippen LogP contribution in [0, 0.1) is 12.8 Å². The summed E-state index contributed by atoms with van der Waals surface area (Å²) in [6.45, 7) is 3.48. The molecule has 160 valence electrons. The minimum Gasteiger partial charge on any atom is -0.497 e. The van der Waals surface area contributed by atoms with E-state index in [2.05, 4.69) is 15.3 Å². The van der Waals surface area contributed by atoms with Crippen LogP contribution in [-0.4, -0.2) is 46.9 Å². The molecule has 1 atom stereocenters. The number of ether oxygens (including phenoxy) is 1. The van der Waals surface area contributed by atoms with Gasteiger partial charge in [0.25, 0.3) is 0 Å². The van der Waals surface area contributed by atoms with Crippen LogP contribution in [0.1, 0.15) is 43.4 Å². The lowest BCUT2D eigenvalue weighted by Gasteiger charge is -2.33. The molecule has 0 bridgehead atoms. The molecule has 0 aliphatic carbocycles. The van der Waals surface area contributed by atoms with Gasteiger partial charge in [-0.15, -0.1) is 0 Å². The van der Waals surface area contributed by atoms with Gasteiger partial charge < -0.3 is 15.0 Å². The van der Waals surface area contributed by atoms with Gasteiger partial charge in [-0.25, -0.2) is 0 Å². The number of nitrogens with one attached hydrogen (secondary N) is 1. The minimum absolute atomic E-state index is 0.00867. The zero-order valence-corrected chi connectivity index (χ0v) is 17.8. The zero-order valence-electron chi connectivity index (χ0n) is 17.8. The molecule has 1 N–H and O–H groups in total. The molecular formula is C23H30N4O3. The summed E-state index contributed by atoms with van der Waals surface area (Å²) in [4.78, 5) is 35.2. The lowest BCUT2D eigenvalue weighted by atomic mass is 9.93. The van der Waals surface area contributed by atoms with Gasteiger partial charge in [-0.3, -0.25) is 19.6 Å². The van der Waals surface area contributed by atoms with Gasteiger partial charge in [0.1, 0.15) is 5.75 Å². The molecule has 7 heteroatoms. The van der Waals surface area contributed by atoms with Crippen molar-refractivity contribution in [3.8, 4) is 5.75 Å². The molecular weight excluding hydrogens is 380 g/mol. The summed E-state index contributed by atoms with van der Waals surface area (Å²) < 4.78 is 5.20. The number of aromatic nitrogens is 2. The number of rotatable bonds is 8. The molecule has 2 heterocycles. The molecule has 0 unspecified atom stereocenters. The fourth-order valence-corrected chi connectivity index (χ4v) is 3.83. The molecule has 1 aromatic heterocycles. The lowest BCUT2D eigenvalue weighted by molar-refractivity contribution is -0.133. The number of nitrogens with zero attached hydrogens (tertiary/aromatic N) is 3. The summed E-state index contributed by atoms with van der Waals surface area (Å²) in [7, 11) is 1.63. The number of methoxy groups -OCH3 is 1. The number of piperidine rings is 1. The summed E-state index contributed by atoms with van der Waals surface area (Å²) in [6.07, 6.45) is 9.33. The van der Waals surface area contributed by atoms with E-state index in [1.165, 1.54) is 0 Å². The van der Waals surface area contributed by atoms with E-state index in [-0.39, 0.29) is 11.8 Å². The number of hydrogen-bond donors (Lipinski definition) is 1. The van der Waals surface area contributed by atoms with E-state index in [4.69, 9.17) is 4.74 Å². The first-order chi connectivity index (χ1) is 14.5. The first-order valence-electron chi connectivity index (χ1n) is 10.5. The highest BCUT2D eigenvalue weighted by atomic mass is 16.5. The Labute approximate surface area is 177 Å². The van der Waals surface area contributed by atoms with Crippen molar-refractivity contribution in [2.45, 2.75) is 45.4 Å². The second-order valence-corrected chi connectivity index (χ2v) is 7.81. The standard InChI is InChI=1S/C23H30N4O3/c1-17-14-20(30-2)7-8-21(17)26-22(28)9-5-18-4-3-13-27(16-18)23(29)10-6-19-15-24-11-12-25-19/h7-8,11-12,14-15,18H,3-6,9-10,13,16H2,1-2H3,(H,26,28)/t18-/m0/s1. The number of carbonyl (C=O) groups excluding carboxylic acids is 2. The van der Waals surface area contributed by atoms with Crippen molar-refractivity contribution >= 4 is 17.5 Å². The third-order valence-electron chi connectivity index (χ3n) is 5.57. The van der Waals surface area contributed by atoms with E-state index >= 15 is 0 Å². The van der Waals surface area contributed by atoms with Gasteiger partial charge in [-0.05, 0) is 62.3 Å². The molecule has 1 saturated heterocycles. The predicted molar refractivity (Wildman–Crippen MR) is 115 cm³/mol. The zero-order chi connectivity index (χ0) is 21.3. The third kappa shape index (κ3) is 6.27. The Bertz CT molecular complexity index is 857. The fraction of sp³-hybridized carbons (Fsp3) is 0.478. The van der Waals surface area contributed by atoms with Crippen molar-refractivity contribution in [1.29, 1.82) is 0 Å². The normalized spacial score (nSPS) is 16.2. The molecule has 1 aliphatic heterocycles. The van der Waals surface area contributed by atoms with Crippen molar-refractivity contribution in [3.05, 3.63) is 48.0 Å². The maximum absolute atomic E-state index is 12.6. The van der Waals surface area contributed by atoms with Crippen LogP contribution in [-0.2, 0) is 16.0 Å². The van der Waals surface area contributed by atoms with Crippen LogP contribution >= 0.6 is 0 Å². The fourth-order valence-electron chi connectivity index (χ4n) is 3.83. The van der Waals surface area contributed by atoms with E-state index in [1.807, 2.05) is 30.0 Å². The van der Waals surface area contributed by atoms with Gasteiger partial charge >= 0.3 is 0 Å². The van der Waals surface area contributed by atoms with E-state index in [9.17, 15) is 9.59 Å². The van der Waals surface area contributed by atoms with Crippen LogP contribution in [0.25, 0.3) is 0 Å². The number of benzene rings is 1. The van der Waals surface area contributed by atoms with Crippen molar-refractivity contribution in [2.24, 2.45) is 5.92 Å². The monoisotopic (exact) mass is 410 g/mol. The smallest absolute Gasteiger partial charge is 0.224 e. The lowest BCUT2D eigenvalue weighted by Crippen LogP contribution is -2.40. The van der Waals surface area contributed by atoms with Crippen LogP contribution < -0.4 is 10.1 Å². The molecule has 1 fully saturated rings. The molecule has 30 heavy (non-hydrogen) atoms. The van der Waals surface area contributed by atoms with Crippen LogP contribution in [0.2, 0.25) is 0 Å². The second kappa shape index (κ2) is 10.7. The minimum atomic E-state index is 0.00867. The van der Waals surface area contributed by atoms with E-state index in [0.29, 0.717) is 25.2 Å². The van der Waals surface area contributed by atoms with Crippen molar-refractivity contribution in [3.63, 3.8) is 0 Å². The van der Waals surface area contributed by atoms with E-state index in [0.717, 1.165) is 55.0 Å². The van der Waals surface area contributed by atoms with Crippen molar-refractivity contribution in [1.82, 2.24) is 14.9 Å². The van der Waals surface area contributed by atoms with Gasteiger partial charge in [-0.2, -0.15) is 0 Å². The van der Waals surface area contributed by atoms with Gasteiger partial charge in [0.15, 0.2) is 0 Å². The first-order valence-corrected chi connectivity index (χ1v) is 10.5. The van der Waals surface area contributed by atoms with Crippen LogP contribution in [0.3, 0.4) is 0 Å². The average Bonchev–Trinajstić information content (AvgIpc) is 2.78. The quantitative estimate of drug-likeness (QED) is 0.721. The SMILES string of the molecule is COc1ccc(NC(=O)CC[C@@H]2CCCN(C(=O)CCc3cnccn3)C2)c(C)c1. The number of anilines is 1. The van der Waals surface area contributed by atoms with Crippen molar-refractivity contribution < 1.29 is 14.3 Å². The van der Waals surface area contributed by atoms with E-state index in [1.54, 1.807) is 25.7 Å². The van der Waals surface area contributed by atoms with Gasteiger partial charge in [-0.1, -0.05) is 0 Å². The van der Waals surface area contributed by atoms with Crippen molar-refractivity contribution in [2.75, 3.05) is 25.5 Å². The molecule has 3 rings (SSSR count). The Balaban J connectivity index is 1.43. The van der Waals surface area contributed by atoms with Crippen LogP contribution in [0.4, 0.5) is 5.69 Å². The molecule has 2 aromatic rings. The average molecular weight is 411 g/mol. The number of aryl methyl sites for hydroxylation is 2. The van der Waals surface area contributed by atoms with Gasteiger partial charge in [0.05, 0.1) is 12.8 Å². The van der Waals surface area contributed by atoms with Gasteiger partial charge in [0, 0.05) is 50.2 Å². The maximum atomic E-state index is 12.6. The summed E-state index contributed by atoms with van der Waals surface area (Å²) in [5.74, 6) is 1.30. The summed E-state index contributed by atoms with van der Waals surface area (Å²) in [5, 5.41) is 2.99. The molecule has 1 aromatic carbocycles. The Morgan fingerprint density at radius 3 is 2.87 bits per heavy atom. The number of amides is 2. The third-order valence-corrected chi connectivity index (χ3v) is 5.57. The Morgan fingerprint density at radius 1 is 1.27 bits per heavy atom. The topological polar surface area (TPSA) is 84.4 Å². The molecule has 7 nitrogen and oxygen atoms in total. The molecule has 0 radical (unpaired) electrons. The highest BCUT2D eigenvalue weighted by molar-refractivity contribution is 5.91. The number of carbonyl (C=O) groups is 2. The van der Waals surface area contributed by atoms with Crippen LogP contribution in [0.5, 0.6) is 5.75 Å². The maximum Gasteiger partial charge on any atom is 0.224 e.